The van der Waals surface area contributed by atoms with Crippen LogP contribution < -0.4 is 0 Å². The summed E-state index contributed by atoms with van der Waals surface area (Å²) in [4.78, 5) is 0. The van der Waals surface area contributed by atoms with Gasteiger partial charge < -0.3 is 0 Å². The molecule has 0 amide bonds. The summed E-state index contributed by atoms with van der Waals surface area (Å²) in [5.74, 6) is 5.61. The Hall–Kier alpha value is -0.300. The van der Waals surface area contributed by atoms with Crippen molar-refractivity contribution in [1.82, 2.24) is 0 Å². The molecule has 0 nitrogen and oxygen atoms in total. The standard InChI is InChI=1S/C9H13F3S/c1-2-3-4-5-6-7-8-13-9(10,11)12/h2-4,7-8H2,1H3. The zero-order valence-electron chi connectivity index (χ0n) is 7.58. The molecule has 0 bridgehead atoms. The van der Waals surface area contributed by atoms with E-state index in [2.05, 4.69) is 18.8 Å². The highest BCUT2D eigenvalue weighted by atomic mass is 32.2. The van der Waals surface area contributed by atoms with Crippen molar-refractivity contribution in [3.05, 3.63) is 0 Å². The minimum atomic E-state index is -4.11. The number of unbranched alkanes of at least 4 members (excludes halogenated alkanes) is 2. The normalized spacial score (nSPS) is 10.8. The highest BCUT2D eigenvalue weighted by Crippen LogP contribution is 2.30. The molecule has 0 radical (unpaired) electrons. The lowest BCUT2D eigenvalue weighted by Gasteiger charge is -2.01. The zero-order valence-corrected chi connectivity index (χ0v) is 8.39. The topological polar surface area (TPSA) is 0 Å². The van der Waals surface area contributed by atoms with E-state index in [1.165, 1.54) is 0 Å². The number of thioether (sulfide) groups is 1. The van der Waals surface area contributed by atoms with Gasteiger partial charge in [-0.25, -0.2) is 0 Å². The molecule has 0 aliphatic rings. The van der Waals surface area contributed by atoms with Crippen molar-refractivity contribution in [2.24, 2.45) is 0 Å². The monoisotopic (exact) mass is 210 g/mol. The number of alkyl halides is 3. The lowest BCUT2D eigenvalue weighted by molar-refractivity contribution is -0.0327. The van der Waals surface area contributed by atoms with E-state index in [4.69, 9.17) is 0 Å². The van der Waals surface area contributed by atoms with Crippen molar-refractivity contribution in [3.63, 3.8) is 0 Å². The van der Waals surface area contributed by atoms with E-state index in [0.717, 1.165) is 19.3 Å². The molecular formula is C9H13F3S. The molecule has 0 spiro atoms. The van der Waals surface area contributed by atoms with Gasteiger partial charge in [0.1, 0.15) is 0 Å². The first-order valence-corrected chi connectivity index (χ1v) is 5.21. The smallest absolute Gasteiger partial charge is 0.160 e. The van der Waals surface area contributed by atoms with Crippen LogP contribution >= 0.6 is 11.8 Å². The largest absolute Gasteiger partial charge is 0.441 e. The fourth-order valence-electron chi connectivity index (χ4n) is 0.660. The molecule has 0 heterocycles. The molecule has 0 atom stereocenters. The molecule has 0 aliphatic heterocycles. The Morgan fingerprint density at radius 3 is 2.31 bits per heavy atom. The molecule has 13 heavy (non-hydrogen) atoms. The predicted octanol–water partition coefficient (Wildman–Crippen LogP) is 3.82. The third-order valence-electron chi connectivity index (χ3n) is 1.27. The van der Waals surface area contributed by atoms with Crippen molar-refractivity contribution in [2.45, 2.75) is 38.1 Å². The Labute approximate surface area is 81.3 Å². The first kappa shape index (κ1) is 12.7. The first-order valence-electron chi connectivity index (χ1n) is 4.22. The maximum atomic E-state index is 11.6. The molecule has 0 saturated carbocycles. The second-order valence-corrected chi connectivity index (χ2v) is 3.66. The van der Waals surface area contributed by atoms with Gasteiger partial charge >= 0.3 is 5.51 Å². The van der Waals surface area contributed by atoms with Gasteiger partial charge in [-0.3, -0.25) is 0 Å². The molecule has 76 valence electrons. The number of hydrogen-bond donors (Lipinski definition) is 0. The highest BCUT2D eigenvalue weighted by molar-refractivity contribution is 8.00. The quantitative estimate of drug-likeness (QED) is 0.502. The summed E-state index contributed by atoms with van der Waals surface area (Å²) in [6, 6.07) is 0. The van der Waals surface area contributed by atoms with E-state index < -0.39 is 5.51 Å². The van der Waals surface area contributed by atoms with Crippen molar-refractivity contribution in [3.8, 4) is 11.8 Å². The van der Waals surface area contributed by atoms with Crippen LogP contribution in [0.1, 0.15) is 32.6 Å². The van der Waals surface area contributed by atoms with Gasteiger partial charge in [-0.05, 0) is 6.42 Å². The highest BCUT2D eigenvalue weighted by Gasteiger charge is 2.26. The molecule has 4 heteroatoms. The molecule has 0 rings (SSSR count). The van der Waals surface area contributed by atoms with Gasteiger partial charge in [0.2, 0.25) is 0 Å². The molecule has 0 saturated heterocycles. The van der Waals surface area contributed by atoms with Crippen LogP contribution in [0.15, 0.2) is 0 Å². The van der Waals surface area contributed by atoms with Gasteiger partial charge in [-0.1, -0.05) is 25.1 Å². The molecule has 0 aliphatic carbocycles. The minimum absolute atomic E-state index is 0.00514. The van der Waals surface area contributed by atoms with Crippen molar-refractivity contribution < 1.29 is 13.2 Å². The molecule has 0 N–H and O–H groups in total. The van der Waals surface area contributed by atoms with Gasteiger partial charge in [0.25, 0.3) is 0 Å². The Morgan fingerprint density at radius 1 is 1.15 bits per heavy atom. The molecule has 0 aromatic carbocycles. The minimum Gasteiger partial charge on any atom is -0.160 e. The second-order valence-electron chi connectivity index (χ2n) is 2.50. The average molecular weight is 210 g/mol. The summed E-state index contributed by atoms with van der Waals surface area (Å²) in [6.07, 6.45) is 3.23. The zero-order chi connectivity index (χ0) is 10.2. The van der Waals surface area contributed by atoms with Crippen LogP contribution in [0, 0.1) is 11.8 Å². The van der Waals surface area contributed by atoms with E-state index in [0.29, 0.717) is 6.42 Å². The molecule has 0 aromatic rings. The van der Waals surface area contributed by atoms with Crippen molar-refractivity contribution >= 4 is 11.8 Å². The van der Waals surface area contributed by atoms with Crippen molar-refractivity contribution in [2.75, 3.05) is 5.75 Å². The molecule has 0 fully saturated rings. The first-order chi connectivity index (χ1) is 6.06. The Morgan fingerprint density at radius 2 is 1.77 bits per heavy atom. The Balaban J connectivity index is 3.28. The van der Waals surface area contributed by atoms with Crippen LogP contribution in [0.4, 0.5) is 13.2 Å². The Kier molecular flexibility index (Phi) is 6.97. The lowest BCUT2D eigenvalue weighted by Crippen LogP contribution is -2.00. The summed E-state index contributed by atoms with van der Waals surface area (Å²) in [7, 11) is 0. The van der Waals surface area contributed by atoms with Gasteiger partial charge in [0.15, 0.2) is 0 Å². The maximum Gasteiger partial charge on any atom is 0.441 e. The summed E-state index contributed by atoms with van der Waals surface area (Å²) >= 11 is -0.00514. The lowest BCUT2D eigenvalue weighted by atomic mass is 10.2. The fourth-order valence-corrected chi connectivity index (χ4v) is 1.10. The van der Waals surface area contributed by atoms with Crippen LogP contribution in [0.25, 0.3) is 0 Å². The SMILES string of the molecule is CCCCC#CCCSC(F)(F)F. The van der Waals surface area contributed by atoms with E-state index in [1.807, 2.05) is 0 Å². The second kappa shape index (κ2) is 7.14. The van der Waals surface area contributed by atoms with Crippen LogP contribution in [0.5, 0.6) is 0 Å². The average Bonchev–Trinajstić information content (AvgIpc) is 2.01. The Bertz CT molecular complexity index is 176. The van der Waals surface area contributed by atoms with Crippen LogP contribution in [-0.2, 0) is 0 Å². The molecule has 0 unspecified atom stereocenters. The van der Waals surface area contributed by atoms with E-state index in [-0.39, 0.29) is 17.5 Å². The van der Waals surface area contributed by atoms with Crippen LogP contribution in [0.3, 0.4) is 0 Å². The summed E-state index contributed by atoms with van der Waals surface area (Å²) < 4.78 is 34.8. The third kappa shape index (κ3) is 11.7. The molecule has 0 aromatic heterocycles. The third-order valence-corrected chi connectivity index (χ3v) is 2.01. The van der Waals surface area contributed by atoms with E-state index in [1.54, 1.807) is 0 Å². The van der Waals surface area contributed by atoms with Crippen LogP contribution in [0.2, 0.25) is 0 Å². The van der Waals surface area contributed by atoms with Gasteiger partial charge in [0, 0.05) is 18.6 Å². The van der Waals surface area contributed by atoms with Crippen molar-refractivity contribution in [1.29, 1.82) is 0 Å². The fraction of sp³-hybridized carbons (Fsp3) is 0.778. The number of rotatable bonds is 4. The van der Waals surface area contributed by atoms with E-state index >= 15 is 0 Å². The van der Waals surface area contributed by atoms with Gasteiger partial charge in [-0.15, -0.1) is 11.8 Å². The van der Waals surface area contributed by atoms with Gasteiger partial charge in [0.05, 0.1) is 0 Å². The number of halogens is 3. The summed E-state index contributed by atoms with van der Waals surface area (Å²) in [5.41, 5.74) is -4.11. The molecular weight excluding hydrogens is 197 g/mol. The van der Waals surface area contributed by atoms with Crippen LogP contribution in [-0.4, -0.2) is 11.3 Å². The maximum absolute atomic E-state index is 11.6. The predicted molar refractivity (Wildman–Crippen MR) is 50.4 cm³/mol. The van der Waals surface area contributed by atoms with E-state index in [9.17, 15) is 13.2 Å². The summed E-state index contributed by atoms with van der Waals surface area (Å²) in [5, 5.41) is 0. The van der Waals surface area contributed by atoms with Gasteiger partial charge in [-0.2, -0.15) is 13.2 Å². The summed E-state index contributed by atoms with van der Waals surface area (Å²) in [6.45, 7) is 2.06. The number of hydrogen-bond acceptors (Lipinski definition) is 1.